The fourth-order valence-electron chi connectivity index (χ4n) is 3.91. The van der Waals surface area contributed by atoms with Gasteiger partial charge in [-0.05, 0) is 50.8 Å². The first-order valence-corrected chi connectivity index (χ1v) is 10.8. The second kappa shape index (κ2) is 8.02. The monoisotopic (exact) mass is 425 g/mol. The summed E-state index contributed by atoms with van der Waals surface area (Å²) in [5, 5.41) is 0.375. The Morgan fingerprint density at radius 3 is 2.77 bits per heavy atom. The van der Waals surface area contributed by atoms with Gasteiger partial charge in [0.05, 0.1) is 12.0 Å². The Morgan fingerprint density at radius 2 is 2.00 bits per heavy atom. The maximum Gasteiger partial charge on any atom is 0.348 e. The molecule has 156 valence electrons. The molecule has 30 heavy (non-hydrogen) atoms. The SMILES string of the molecule is CCOC(=O)c1sc2nc(C)n(CC(=O)N3CCCc4ccccc43)c(=O)c2c1C. The molecule has 0 saturated heterocycles. The first kappa shape index (κ1) is 20.3. The van der Waals surface area contributed by atoms with Crippen LogP contribution in [-0.2, 0) is 22.5 Å². The third kappa shape index (κ3) is 3.41. The summed E-state index contributed by atoms with van der Waals surface area (Å²) in [5.74, 6) is -0.155. The van der Waals surface area contributed by atoms with Crippen molar-refractivity contribution in [2.75, 3.05) is 18.1 Å². The standard InChI is InChI=1S/C22H23N3O4S/c1-4-29-22(28)19-13(2)18-20(30-19)23-14(3)25(21(18)27)12-17(26)24-11-7-9-15-8-5-6-10-16(15)24/h5-6,8,10H,4,7,9,11-12H2,1-3H3. The lowest BCUT2D eigenvalue weighted by atomic mass is 10.0. The Labute approximate surface area is 177 Å². The van der Waals surface area contributed by atoms with Crippen molar-refractivity contribution in [2.24, 2.45) is 0 Å². The van der Waals surface area contributed by atoms with Gasteiger partial charge in [0.1, 0.15) is 22.1 Å². The number of fused-ring (bicyclic) bond motifs is 2. The number of rotatable bonds is 4. The predicted octanol–water partition coefficient (Wildman–Crippen LogP) is 3.23. The number of hydrogen-bond donors (Lipinski definition) is 0. The summed E-state index contributed by atoms with van der Waals surface area (Å²) in [6.07, 6.45) is 1.83. The minimum atomic E-state index is -0.456. The van der Waals surface area contributed by atoms with Crippen LogP contribution in [-0.4, -0.2) is 34.6 Å². The van der Waals surface area contributed by atoms with Gasteiger partial charge >= 0.3 is 5.97 Å². The molecule has 7 nitrogen and oxygen atoms in total. The number of thiophene rings is 1. The molecular formula is C22H23N3O4S. The molecule has 0 radical (unpaired) electrons. The highest BCUT2D eigenvalue weighted by atomic mass is 32.1. The van der Waals surface area contributed by atoms with Crippen molar-refractivity contribution < 1.29 is 14.3 Å². The van der Waals surface area contributed by atoms with Gasteiger partial charge in [-0.15, -0.1) is 11.3 Å². The smallest absolute Gasteiger partial charge is 0.348 e. The van der Waals surface area contributed by atoms with Crippen molar-refractivity contribution in [3.63, 3.8) is 0 Å². The molecule has 0 aliphatic carbocycles. The summed E-state index contributed by atoms with van der Waals surface area (Å²) < 4.78 is 6.49. The molecule has 4 rings (SSSR count). The molecule has 0 unspecified atom stereocenters. The van der Waals surface area contributed by atoms with Gasteiger partial charge in [0.25, 0.3) is 5.56 Å². The quantitative estimate of drug-likeness (QED) is 0.600. The average molecular weight is 426 g/mol. The Kier molecular flexibility index (Phi) is 5.42. The number of aromatic nitrogens is 2. The van der Waals surface area contributed by atoms with Crippen LogP contribution in [0, 0.1) is 13.8 Å². The van der Waals surface area contributed by atoms with E-state index in [0.29, 0.717) is 33.0 Å². The van der Waals surface area contributed by atoms with E-state index in [1.54, 1.807) is 25.7 Å². The number of benzene rings is 1. The zero-order chi connectivity index (χ0) is 21.4. The van der Waals surface area contributed by atoms with Gasteiger partial charge in [0, 0.05) is 12.2 Å². The minimum Gasteiger partial charge on any atom is -0.462 e. The number of aryl methyl sites for hydroxylation is 3. The van der Waals surface area contributed by atoms with E-state index in [2.05, 4.69) is 4.98 Å². The van der Waals surface area contributed by atoms with E-state index in [1.165, 1.54) is 4.57 Å². The second-order valence-corrected chi connectivity index (χ2v) is 8.28. The van der Waals surface area contributed by atoms with Gasteiger partial charge in [-0.25, -0.2) is 9.78 Å². The molecule has 1 aromatic carbocycles. The highest BCUT2D eigenvalue weighted by molar-refractivity contribution is 7.20. The maximum absolute atomic E-state index is 13.2. The topological polar surface area (TPSA) is 81.5 Å². The molecule has 0 atom stereocenters. The summed E-state index contributed by atoms with van der Waals surface area (Å²) in [6.45, 7) is 5.96. The van der Waals surface area contributed by atoms with Crippen LogP contribution in [0.15, 0.2) is 29.1 Å². The van der Waals surface area contributed by atoms with Crippen molar-refractivity contribution in [1.82, 2.24) is 9.55 Å². The van der Waals surface area contributed by atoms with Gasteiger partial charge in [0.2, 0.25) is 5.91 Å². The van der Waals surface area contributed by atoms with Crippen molar-refractivity contribution in [3.05, 3.63) is 56.4 Å². The molecule has 1 aliphatic heterocycles. The van der Waals surface area contributed by atoms with Gasteiger partial charge < -0.3 is 9.64 Å². The molecule has 0 fully saturated rings. The zero-order valence-electron chi connectivity index (χ0n) is 17.2. The molecule has 0 N–H and O–H groups in total. The lowest BCUT2D eigenvalue weighted by Crippen LogP contribution is -2.40. The van der Waals surface area contributed by atoms with Crippen LogP contribution in [0.4, 0.5) is 5.69 Å². The first-order valence-electron chi connectivity index (χ1n) is 9.98. The maximum atomic E-state index is 13.2. The lowest BCUT2D eigenvalue weighted by molar-refractivity contribution is -0.119. The Bertz CT molecular complexity index is 1210. The van der Waals surface area contributed by atoms with Crippen LogP contribution < -0.4 is 10.5 Å². The Morgan fingerprint density at radius 1 is 1.23 bits per heavy atom. The van der Waals surface area contributed by atoms with E-state index < -0.39 is 5.97 Å². The predicted molar refractivity (Wildman–Crippen MR) is 116 cm³/mol. The highest BCUT2D eigenvalue weighted by Crippen LogP contribution is 2.29. The minimum absolute atomic E-state index is 0.0913. The lowest BCUT2D eigenvalue weighted by Gasteiger charge is -2.29. The van der Waals surface area contributed by atoms with Gasteiger partial charge in [-0.1, -0.05) is 18.2 Å². The molecule has 2 aromatic heterocycles. The van der Waals surface area contributed by atoms with Crippen molar-refractivity contribution in [2.45, 2.75) is 40.2 Å². The normalized spacial score (nSPS) is 13.4. The van der Waals surface area contributed by atoms with E-state index in [4.69, 9.17) is 4.74 Å². The molecule has 0 spiro atoms. The summed E-state index contributed by atoms with van der Waals surface area (Å²) in [6, 6.07) is 7.87. The van der Waals surface area contributed by atoms with E-state index in [-0.39, 0.29) is 24.6 Å². The van der Waals surface area contributed by atoms with E-state index in [1.807, 2.05) is 24.3 Å². The molecular weight excluding hydrogens is 402 g/mol. The molecule has 3 aromatic rings. The largest absolute Gasteiger partial charge is 0.462 e. The molecule has 0 bridgehead atoms. The van der Waals surface area contributed by atoms with Gasteiger partial charge in [-0.3, -0.25) is 14.2 Å². The molecule has 0 saturated carbocycles. The van der Waals surface area contributed by atoms with Gasteiger partial charge in [0.15, 0.2) is 0 Å². The van der Waals surface area contributed by atoms with Crippen LogP contribution in [0.5, 0.6) is 0 Å². The molecule has 1 aliphatic rings. The Hall–Kier alpha value is -3.00. The van der Waals surface area contributed by atoms with Crippen LogP contribution in [0.3, 0.4) is 0 Å². The summed E-state index contributed by atoms with van der Waals surface area (Å²) in [5.41, 5.74) is 2.29. The van der Waals surface area contributed by atoms with Crippen molar-refractivity contribution in [1.29, 1.82) is 0 Å². The fraction of sp³-hybridized carbons (Fsp3) is 0.364. The number of hydrogen-bond acceptors (Lipinski definition) is 6. The summed E-state index contributed by atoms with van der Waals surface area (Å²) in [4.78, 5) is 45.7. The van der Waals surface area contributed by atoms with Crippen LogP contribution in [0.25, 0.3) is 10.2 Å². The number of carbonyl (C=O) groups excluding carboxylic acids is 2. The average Bonchev–Trinajstić information content (AvgIpc) is 3.07. The fourth-order valence-corrected chi connectivity index (χ4v) is 5.02. The van der Waals surface area contributed by atoms with E-state index in [9.17, 15) is 14.4 Å². The molecule has 1 amide bonds. The number of para-hydroxylation sites is 1. The van der Waals surface area contributed by atoms with E-state index >= 15 is 0 Å². The third-order valence-electron chi connectivity index (χ3n) is 5.41. The van der Waals surface area contributed by atoms with Crippen LogP contribution in [0.1, 0.15) is 40.0 Å². The van der Waals surface area contributed by atoms with E-state index in [0.717, 1.165) is 35.4 Å². The van der Waals surface area contributed by atoms with Crippen molar-refractivity contribution >= 4 is 39.1 Å². The number of carbonyl (C=O) groups is 2. The number of esters is 1. The highest BCUT2D eigenvalue weighted by Gasteiger charge is 2.25. The van der Waals surface area contributed by atoms with Crippen LogP contribution >= 0.6 is 11.3 Å². The van der Waals surface area contributed by atoms with Crippen LogP contribution in [0.2, 0.25) is 0 Å². The second-order valence-electron chi connectivity index (χ2n) is 7.28. The number of nitrogens with zero attached hydrogens (tertiary/aromatic N) is 3. The number of ether oxygens (including phenoxy) is 1. The number of anilines is 1. The zero-order valence-corrected chi connectivity index (χ0v) is 18.0. The number of amides is 1. The summed E-state index contributed by atoms with van der Waals surface area (Å²) in [7, 11) is 0. The van der Waals surface area contributed by atoms with Gasteiger partial charge in [-0.2, -0.15) is 0 Å². The third-order valence-corrected chi connectivity index (χ3v) is 6.57. The molecule has 3 heterocycles. The summed E-state index contributed by atoms with van der Waals surface area (Å²) >= 11 is 1.15. The van der Waals surface area contributed by atoms with Crippen molar-refractivity contribution in [3.8, 4) is 0 Å². The Balaban J connectivity index is 1.72. The first-order chi connectivity index (χ1) is 14.4. The molecule has 8 heteroatoms.